The summed E-state index contributed by atoms with van der Waals surface area (Å²) in [6, 6.07) is 10.2. The van der Waals surface area contributed by atoms with Crippen molar-refractivity contribution in [2.45, 2.75) is 18.0 Å². The van der Waals surface area contributed by atoms with Crippen molar-refractivity contribution < 1.29 is 26.4 Å². The second kappa shape index (κ2) is 8.11. The summed E-state index contributed by atoms with van der Waals surface area (Å²) in [5, 5.41) is 4.87. The van der Waals surface area contributed by atoms with Crippen LogP contribution < -0.4 is 4.90 Å². The quantitative estimate of drug-likeness (QED) is 0.581. The van der Waals surface area contributed by atoms with Gasteiger partial charge in [0.1, 0.15) is 5.69 Å². The number of amides is 1. The maximum absolute atomic E-state index is 12.9. The first-order chi connectivity index (χ1) is 14.0. The summed E-state index contributed by atoms with van der Waals surface area (Å²) in [7, 11) is -2.68. The van der Waals surface area contributed by atoms with Crippen LogP contribution in [-0.4, -0.2) is 42.3 Å². The molecule has 0 saturated carbocycles. The molecule has 0 atom stereocenters. The van der Waals surface area contributed by atoms with Crippen molar-refractivity contribution >= 4 is 32.2 Å². The molecule has 1 aromatic carbocycles. The molecular weight excluding hydrogens is 441 g/mol. The molecule has 0 aliphatic rings. The van der Waals surface area contributed by atoms with Crippen LogP contribution in [0.15, 0.2) is 47.5 Å². The third-order valence-electron chi connectivity index (χ3n) is 4.13. The standard InChI is InChI=1S/C18H15F3N4O3S2/c1-3-30(27,28)13-9-12(11-7-5-4-6-8-11)10-22-14(13)15(26)25(2)17-24-23-16(29-17)18(19,20)21/h4-10H,3H2,1-2H3. The summed E-state index contributed by atoms with van der Waals surface area (Å²) in [4.78, 5) is 17.4. The molecule has 158 valence electrons. The van der Waals surface area contributed by atoms with Crippen molar-refractivity contribution in [1.29, 1.82) is 0 Å². The van der Waals surface area contributed by atoms with Crippen molar-refractivity contribution in [2.24, 2.45) is 0 Å². The van der Waals surface area contributed by atoms with Gasteiger partial charge in [-0.3, -0.25) is 9.69 Å². The Bertz CT molecular complexity index is 1180. The molecule has 0 saturated heterocycles. The summed E-state index contributed by atoms with van der Waals surface area (Å²) in [6.07, 6.45) is -3.36. The Morgan fingerprint density at radius 3 is 2.37 bits per heavy atom. The number of hydrogen-bond donors (Lipinski definition) is 0. The summed E-state index contributed by atoms with van der Waals surface area (Å²) in [5.41, 5.74) is 0.781. The number of carbonyl (C=O) groups is 1. The van der Waals surface area contributed by atoms with Crippen LogP contribution in [0.2, 0.25) is 0 Å². The highest BCUT2D eigenvalue weighted by molar-refractivity contribution is 7.91. The summed E-state index contributed by atoms with van der Waals surface area (Å²) in [6.45, 7) is 1.42. The molecule has 0 N–H and O–H groups in total. The first-order valence-corrected chi connectivity index (χ1v) is 11.0. The molecule has 0 aliphatic heterocycles. The zero-order valence-corrected chi connectivity index (χ0v) is 17.3. The molecule has 12 heteroatoms. The second-order valence-electron chi connectivity index (χ2n) is 6.09. The zero-order valence-electron chi connectivity index (χ0n) is 15.7. The summed E-state index contributed by atoms with van der Waals surface area (Å²) < 4.78 is 63.6. The van der Waals surface area contributed by atoms with Gasteiger partial charge < -0.3 is 0 Å². The van der Waals surface area contributed by atoms with Crippen LogP contribution in [0.1, 0.15) is 22.4 Å². The maximum atomic E-state index is 12.9. The largest absolute Gasteiger partial charge is 0.445 e. The molecule has 0 unspecified atom stereocenters. The number of rotatable bonds is 5. The molecule has 2 aromatic heterocycles. The fraction of sp³-hybridized carbons (Fsp3) is 0.222. The average Bonchev–Trinajstić information content (AvgIpc) is 3.24. The van der Waals surface area contributed by atoms with Gasteiger partial charge in [0.25, 0.3) is 5.91 Å². The van der Waals surface area contributed by atoms with E-state index in [1.165, 1.54) is 26.2 Å². The summed E-state index contributed by atoms with van der Waals surface area (Å²) in [5.74, 6) is -1.19. The van der Waals surface area contributed by atoms with Crippen molar-refractivity contribution in [3.05, 3.63) is 53.3 Å². The third kappa shape index (κ3) is 4.33. The highest BCUT2D eigenvalue weighted by Crippen LogP contribution is 2.34. The van der Waals surface area contributed by atoms with E-state index >= 15 is 0 Å². The van der Waals surface area contributed by atoms with Gasteiger partial charge in [0.15, 0.2) is 9.84 Å². The Morgan fingerprint density at radius 2 is 1.80 bits per heavy atom. The number of halogens is 3. The van der Waals surface area contributed by atoms with E-state index in [2.05, 4.69) is 15.2 Å². The fourth-order valence-corrected chi connectivity index (χ4v) is 4.22. The molecular formula is C18H15F3N4O3S2. The summed E-state index contributed by atoms with van der Waals surface area (Å²) >= 11 is 0.171. The Hall–Kier alpha value is -2.86. The van der Waals surface area contributed by atoms with E-state index in [9.17, 15) is 26.4 Å². The minimum atomic E-state index is -4.70. The monoisotopic (exact) mass is 456 g/mol. The van der Waals surface area contributed by atoms with Gasteiger partial charge in [0, 0.05) is 18.8 Å². The van der Waals surface area contributed by atoms with Crippen molar-refractivity contribution in [2.75, 3.05) is 17.7 Å². The molecule has 0 fully saturated rings. The predicted octanol–water partition coefficient (Wildman–Crippen LogP) is 3.69. The van der Waals surface area contributed by atoms with E-state index in [4.69, 9.17) is 0 Å². The molecule has 7 nitrogen and oxygen atoms in total. The lowest BCUT2D eigenvalue weighted by Gasteiger charge is -2.16. The SMILES string of the molecule is CCS(=O)(=O)c1cc(-c2ccccc2)cnc1C(=O)N(C)c1nnc(C(F)(F)F)s1. The van der Waals surface area contributed by atoms with E-state index in [-0.39, 0.29) is 27.1 Å². The lowest BCUT2D eigenvalue weighted by Crippen LogP contribution is -2.29. The van der Waals surface area contributed by atoms with E-state index in [1.54, 1.807) is 30.3 Å². The predicted molar refractivity (Wildman–Crippen MR) is 105 cm³/mol. The molecule has 0 spiro atoms. The molecule has 30 heavy (non-hydrogen) atoms. The number of aromatic nitrogens is 3. The van der Waals surface area contributed by atoms with E-state index in [0.29, 0.717) is 11.1 Å². The highest BCUT2D eigenvalue weighted by atomic mass is 32.2. The molecule has 0 bridgehead atoms. The molecule has 0 aliphatic carbocycles. The van der Waals surface area contributed by atoms with Crippen LogP contribution in [0, 0.1) is 0 Å². The van der Waals surface area contributed by atoms with Gasteiger partial charge in [-0.05, 0) is 11.6 Å². The number of pyridine rings is 1. The first kappa shape index (κ1) is 21.8. The van der Waals surface area contributed by atoms with Crippen molar-refractivity contribution in [3.8, 4) is 11.1 Å². The number of nitrogens with zero attached hydrogens (tertiary/aromatic N) is 4. The molecule has 1 amide bonds. The molecule has 0 radical (unpaired) electrons. The van der Waals surface area contributed by atoms with Crippen LogP contribution in [0.3, 0.4) is 0 Å². The van der Waals surface area contributed by atoms with Gasteiger partial charge in [-0.1, -0.05) is 48.6 Å². The van der Waals surface area contributed by atoms with Crippen molar-refractivity contribution in [1.82, 2.24) is 15.2 Å². The highest BCUT2D eigenvalue weighted by Gasteiger charge is 2.37. The third-order valence-corrected chi connectivity index (χ3v) is 6.91. The van der Waals surface area contributed by atoms with Gasteiger partial charge >= 0.3 is 6.18 Å². The minimum absolute atomic E-state index is 0.171. The Kier molecular flexibility index (Phi) is 5.90. The van der Waals surface area contributed by atoms with Crippen LogP contribution in [-0.2, 0) is 16.0 Å². The van der Waals surface area contributed by atoms with Crippen LogP contribution in [0.25, 0.3) is 11.1 Å². The Labute approximate surface area is 174 Å². The number of carbonyl (C=O) groups excluding carboxylic acids is 1. The Balaban J connectivity index is 2.06. The number of hydrogen-bond acceptors (Lipinski definition) is 7. The number of anilines is 1. The zero-order chi connectivity index (χ0) is 22.1. The Morgan fingerprint density at radius 1 is 1.13 bits per heavy atom. The van der Waals surface area contributed by atoms with Crippen LogP contribution >= 0.6 is 11.3 Å². The average molecular weight is 456 g/mol. The molecule has 2 heterocycles. The fourth-order valence-electron chi connectivity index (χ4n) is 2.50. The molecule has 3 rings (SSSR count). The van der Waals surface area contributed by atoms with Crippen LogP contribution in [0.5, 0.6) is 0 Å². The first-order valence-electron chi connectivity index (χ1n) is 8.51. The van der Waals surface area contributed by atoms with Crippen LogP contribution in [0.4, 0.5) is 18.3 Å². The van der Waals surface area contributed by atoms with E-state index in [0.717, 1.165) is 4.90 Å². The number of sulfone groups is 1. The van der Waals surface area contributed by atoms with E-state index < -0.39 is 32.6 Å². The van der Waals surface area contributed by atoms with E-state index in [1.807, 2.05) is 0 Å². The van der Waals surface area contributed by atoms with Crippen molar-refractivity contribution in [3.63, 3.8) is 0 Å². The topological polar surface area (TPSA) is 93.1 Å². The van der Waals surface area contributed by atoms with Gasteiger partial charge in [0.05, 0.1) is 10.6 Å². The van der Waals surface area contributed by atoms with Gasteiger partial charge in [0.2, 0.25) is 10.1 Å². The number of alkyl halides is 3. The lowest BCUT2D eigenvalue weighted by atomic mass is 10.1. The number of benzene rings is 1. The van der Waals surface area contributed by atoms with Gasteiger partial charge in [-0.25, -0.2) is 13.4 Å². The second-order valence-corrected chi connectivity index (χ2v) is 9.29. The van der Waals surface area contributed by atoms with Gasteiger partial charge in [-0.2, -0.15) is 13.2 Å². The normalized spacial score (nSPS) is 12.0. The van der Waals surface area contributed by atoms with Gasteiger partial charge in [-0.15, -0.1) is 10.2 Å². The smallest absolute Gasteiger partial charge is 0.284 e. The molecule has 3 aromatic rings. The lowest BCUT2D eigenvalue weighted by molar-refractivity contribution is -0.138. The maximum Gasteiger partial charge on any atom is 0.445 e. The minimum Gasteiger partial charge on any atom is -0.284 e.